The van der Waals surface area contributed by atoms with E-state index in [1.165, 1.54) is 36.6 Å². The second-order valence-corrected chi connectivity index (χ2v) is 11.0. The number of aromatic nitrogens is 2. The number of pyridine rings is 2. The van der Waals surface area contributed by atoms with Crippen LogP contribution in [0.5, 0.6) is 5.88 Å². The summed E-state index contributed by atoms with van der Waals surface area (Å²) in [5, 5.41) is 2.87. The van der Waals surface area contributed by atoms with Crippen LogP contribution in [0.1, 0.15) is 52.9 Å². The molecular weight excluding hydrogens is 516 g/mol. The lowest BCUT2D eigenvalue weighted by molar-refractivity contribution is 0.102. The van der Waals surface area contributed by atoms with Crippen LogP contribution in [-0.4, -0.2) is 82.5 Å². The number of piperidine rings is 1. The van der Waals surface area contributed by atoms with Crippen molar-refractivity contribution in [2.24, 2.45) is 0 Å². The molecule has 0 bridgehead atoms. The van der Waals surface area contributed by atoms with Crippen LogP contribution < -0.4 is 10.1 Å². The van der Waals surface area contributed by atoms with Gasteiger partial charge in [0.05, 0.1) is 11.9 Å². The highest BCUT2D eigenvalue weighted by Gasteiger charge is 2.23. The topological polar surface area (TPSA) is 90.9 Å². The summed E-state index contributed by atoms with van der Waals surface area (Å²) >= 11 is 0. The van der Waals surface area contributed by atoms with Gasteiger partial charge in [0, 0.05) is 56.2 Å². The molecule has 5 rings (SSSR count). The SMILES string of the molecule is Cc1ccc(CCCN2CCN(C(=O)Oc3ccc(NC(=O)c4ccc(CN5CCCCC5)cc4)cn3)CC2)nc1. The molecule has 2 fully saturated rings. The smallest absolute Gasteiger partial charge is 0.391 e. The van der Waals surface area contributed by atoms with Crippen LogP contribution in [0.15, 0.2) is 60.9 Å². The first-order valence-corrected chi connectivity index (χ1v) is 14.7. The van der Waals surface area contributed by atoms with Gasteiger partial charge >= 0.3 is 6.09 Å². The molecular formula is C32H40N6O3. The molecule has 2 aliphatic rings. The highest BCUT2D eigenvalue weighted by atomic mass is 16.6. The summed E-state index contributed by atoms with van der Waals surface area (Å²) in [6, 6.07) is 15.2. The Balaban J connectivity index is 1.02. The molecule has 3 aromatic rings. The van der Waals surface area contributed by atoms with Gasteiger partial charge in [0.25, 0.3) is 5.91 Å². The molecule has 9 nitrogen and oxygen atoms in total. The second-order valence-electron chi connectivity index (χ2n) is 11.0. The third-order valence-electron chi connectivity index (χ3n) is 7.77. The minimum Gasteiger partial charge on any atom is -0.391 e. The minimum absolute atomic E-state index is 0.200. The quantitative estimate of drug-likeness (QED) is 0.406. The first kappa shape index (κ1) is 28.7. The van der Waals surface area contributed by atoms with Gasteiger partial charge in [-0.2, -0.15) is 0 Å². The molecule has 9 heteroatoms. The number of carbonyl (C=O) groups excluding carboxylic acids is 2. The Labute approximate surface area is 242 Å². The summed E-state index contributed by atoms with van der Waals surface area (Å²) in [6.45, 7) is 9.10. The standard InChI is InChI=1S/C32H40N6O3/c1-25-7-12-28(33-22-25)6-5-17-36-18-20-38(21-19-36)32(40)41-30-14-13-29(23-34-30)35-31(39)27-10-8-26(9-11-27)24-37-15-3-2-4-16-37/h7-14,22-23H,2-6,15-21,24H2,1H3,(H,35,39). The molecule has 1 N–H and O–H groups in total. The fraction of sp³-hybridized carbons (Fsp3) is 0.438. The number of amides is 2. The first-order chi connectivity index (χ1) is 20.0. The van der Waals surface area contributed by atoms with Crippen molar-refractivity contribution in [1.29, 1.82) is 0 Å². The Morgan fingerprint density at radius 3 is 2.29 bits per heavy atom. The van der Waals surface area contributed by atoms with Crippen LogP contribution in [-0.2, 0) is 13.0 Å². The Morgan fingerprint density at radius 1 is 0.829 bits per heavy atom. The number of nitrogens with zero attached hydrogens (tertiary/aromatic N) is 5. The molecule has 2 amide bonds. The van der Waals surface area contributed by atoms with Crippen molar-refractivity contribution < 1.29 is 14.3 Å². The molecule has 2 aromatic heterocycles. The zero-order valence-electron chi connectivity index (χ0n) is 23.9. The van der Waals surface area contributed by atoms with E-state index in [0.717, 1.165) is 57.8 Å². The molecule has 2 saturated heterocycles. The summed E-state index contributed by atoms with van der Waals surface area (Å²) < 4.78 is 5.49. The van der Waals surface area contributed by atoms with Crippen molar-refractivity contribution in [2.75, 3.05) is 51.1 Å². The number of likely N-dealkylation sites (tertiary alicyclic amines) is 1. The predicted octanol–water partition coefficient (Wildman–Crippen LogP) is 4.77. The van der Waals surface area contributed by atoms with E-state index in [9.17, 15) is 9.59 Å². The van der Waals surface area contributed by atoms with E-state index in [4.69, 9.17) is 4.74 Å². The summed E-state index contributed by atoms with van der Waals surface area (Å²) in [5.41, 5.74) is 4.64. The van der Waals surface area contributed by atoms with Gasteiger partial charge in [-0.05, 0) is 87.6 Å². The maximum atomic E-state index is 12.7. The molecule has 0 saturated carbocycles. The molecule has 1 aromatic carbocycles. The number of hydrogen-bond donors (Lipinski definition) is 1. The number of hydrogen-bond acceptors (Lipinski definition) is 7. The Kier molecular flexibility index (Phi) is 9.93. The summed E-state index contributed by atoms with van der Waals surface area (Å²) in [6.07, 6.45) is 8.85. The highest BCUT2D eigenvalue weighted by molar-refractivity contribution is 6.04. The van der Waals surface area contributed by atoms with Crippen LogP contribution >= 0.6 is 0 Å². The molecule has 0 aliphatic carbocycles. The van der Waals surface area contributed by atoms with Crippen molar-refractivity contribution in [3.63, 3.8) is 0 Å². The summed E-state index contributed by atoms with van der Waals surface area (Å²) in [4.78, 5) is 40.6. The average Bonchev–Trinajstić information content (AvgIpc) is 3.00. The van der Waals surface area contributed by atoms with Crippen molar-refractivity contribution >= 4 is 17.7 Å². The van der Waals surface area contributed by atoms with Crippen LogP contribution in [0.25, 0.3) is 0 Å². The van der Waals surface area contributed by atoms with Crippen LogP contribution in [0.4, 0.5) is 10.5 Å². The van der Waals surface area contributed by atoms with Crippen molar-refractivity contribution in [3.05, 3.63) is 83.3 Å². The largest absolute Gasteiger partial charge is 0.416 e. The number of piperazine rings is 1. The number of carbonyl (C=O) groups is 2. The molecule has 0 radical (unpaired) electrons. The average molecular weight is 557 g/mol. The fourth-order valence-corrected chi connectivity index (χ4v) is 5.29. The lowest BCUT2D eigenvalue weighted by Crippen LogP contribution is -2.49. The number of nitrogens with one attached hydrogen (secondary N) is 1. The molecule has 2 aliphatic heterocycles. The van der Waals surface area contributed by atoms with E-state index in [2.05, 4.69) is 37.2 Å². The monoisotopic (exact) mass is 556 g/mol. The van der Waals surface area contributed by atoms with Gasteiger partial charge in [-0.3, -0.25) is 19.6 Å². The van der Waals surface area contributed by atoms with E-state index >= 15 is 0 Å². The third kappa shape index (κ3) is 8.58. The molecule has 4 heterocycles. The number of anilines is 1. The second kappa shape index (κ2) is 14.2. The summed E-state index contributed by atoms with van der Waals surface area (Å²) in [7, 11) is 0. The van der Waals surface area contributed by atoms with Crippen LogP contribution in [0.2, 0.25) is 0 Å². The molecule has 216 valence electrons. The maximum absolute atomic E-state index is 12.7. The van der Waals surface area contributed by atoms with E-state index in [0.29, 0.717) is 24.3 Å². The van der Waals surface area contributed by atoms with Gasteiger partial charge in [-0.15, -0.1) is 0 Å². The van der Waals surface area contributed by atoms with Crippen molar-refractivity contribution in [3.8, 4) is 5.88 Å². The van der Waals surface area contributed by atoms with Gasteiger partial charge in [-0.1, -0.05) is 24.6 Å². The number of ether oxygens (including phenoxy) is 1. The number of aryl methyl sites for hydroxylation is 2. The minimum atomic E-state index is -0.401. The lowest BCUT2D eigenvalue weighted by Gasteiger charge is -2.33. The van der Waals surface area contributed by atoms with Gasteiger partial charge in [-0.25, -0.2) is 9.78 Å². The molecule has 0 atom stereocenters. The first-order valence-electron chi connectivity index (χ1n) is 14.7. The predicted molar refractivity (Wildman–Crippen MR) is 159 cm³/mol. The molecule has 0 spiro atoms. The molecule has 41 heavy (non-hydrogen) atoms. The summed E-state index contributed by atoms with van der Waals surface area (Å²) in [5.74, 6) is 0.0113. The fourth-order valence-electron chi connectivity index (χ4n) is 5.29. The lowest BCUT2D eigenvalue weighted by atomic mass is 10.1. The van der Waals surface area contributed by atoms with Crippen molar-refractivity contribution in [2.45, 2.75) is 45.6 Å². The van der Waals surface area contributed by atoms with Crippen LogP contribution in [0, 0.1) is 6.92 Å². The van der Waals surface area contributed by atoms with Gasteiger partial charge < -0.3 is 15.0 Å². The molecule has 0 unspecified atom stereocenters. The Bertz CT molecular complexity index is 1270. The highest BCUT2D eigenvalue weighted by Crippen LogP contribution is 2.17. The zero-order chi connectivity index (χ0) is 28.4. The normalized spacial score (nSPS) is 16.4. The number of benzene rings is 1. The van der Waals surface area contributed by atoms with Crippen molar-refractivity contribution in [1.82, 2.24) is 24.7 Å². The van der Waals surface area contributed by atoms with E-state index in [1.54, 1.807) is 17.0 Å². The number of rotatable bonds is 9. The third-order valence-corrected chi connectivity index (χ3v) is 7.77. The zero-order valence-corrected chi connectivity index (χ0v) is 23.9. The maximum Gasteiger partial charge on any atom is 0.416 e. The van der Waals surface area contributed by atoms with E-state index in [-0.39, 0.29) is 11.8 Å². The Hall–Kier alpha value is -3.82. The van der Waals surface area contributed by atoms with E-state index < -0.39 is 6.09 Å². The van der Waals surface area contributed by atoms with Gasteiger partial charge in [0.1, 0.15) is 0 Å². The van der Waals surface area contributed by atoms with E-state index in [1.807, 2.05) is 37.4 Å². The Morgan fingerprint density at radius 2 is 1.61 bits per heavy atom. The van der Waals surface area contributed by atoms with Gasteiger partial charge in [0.15, 0.2) is 0 Å². The van der Waals surface area contributed by atoms with Gasteiger partial charge in [0.2, 0.25) is 5.88 Å². The van der Waals surface area contributed by atoms with Crippen LogP contribution in [0.3, 0.4) is 0 Å².